The number of aromatic nitrogens is 2. The lowest BCUT2D eigenvalue weighted by Crippen LogP contribution is -2.40. The zero-order valence-corrected chi connectivity index (χ0v) is 11.8. The van der Waals surface area contributed by atoms with Gasteiger partial charge < -0.3 is 10.2 Å². The third kappa shape index (κ3) is 2.80. The van der Waals surface area contributed by atoms with Crippen molar-refractivity contribution < 1.29 is 4.79 Å². The molecule has 2 aromatic heterocycles. The molecule has 0 saturated carbocycles. The molecule has 1 atom stereocenters. The number of hydrogen-bond acceptors (Lipinski definition) is 5. The Morgan fingerprint density at radius 3 is 3.00 bits per heavy atom. The van der Waals surface area contributed by atoms with Crippen LogP contribution in [-0.2, 0) is 0 Å². The van der Waals surface area contributed by atoms with Gasteiger partial charge in [-0.25, -0.2) is 4.98 Å². The van der Waals surface area contributed by atoms with Crippen molar-refractivity contribution in [3.8, 4) is 0 Å². The summed E-state index contributed by atoms with van der Waals surface area (Å²) < 4.78 is 0. The lowest BCUT2D eigenvalue weighted by molar-refractivity contribution is 0.0951. The average molecular weight is 288 g/mol. The molecule has 0 aliphatic carbocycles. The predicted octanol–water partition coefficient (Wildman–Crippen LogP) is 1.94. The van der Waals surface area contributed by atoms with Gasteiger partial charge in [0.15, 0.2) is 5.13 Å². The highest BCUT2D eigenvalue weighted by molar-refractivity contribution is 7.13. The third-order valence-corrected chi connectivity index (χ3v) is 4.29. The van der Waals surface area contributed by atoms with Gasteiger partial charge in [-0.05, 0) is 25.0 Å². The van der Waals surface area contributed by atoms with Crippen molar-refractivity contribution in [2.24, 2.45) is 0 Å². The molecule has 1 N–H and O–H groups in total. The molecular formula is C14H16N4OS. The number of rotatable bonds is 4. The van der Waals surface area contributed by atoms with E-state index in [0.29, 0.717) is 18.2 Å². The molecule has 5 nitrogen and oxygen atoms in total. The van der Waals surface area contributed by atoms with Crippen LogP contribution < -0.4 is 10.2 Å². The maximum absolute atomic E-state index is 12.0. The number of nitrogens with one attached hydrogen (secondary N) is 1. The van der Waals surface area contributed by atoms with E-state index < -0.39 is 0 Å². The summed E-state index contributed by atoms with van der Waals surface area (Å²) in [4.78, 5) is 22.6. The SMILES string of the molecule is O=C(NCC1CCCN1c1nccs1)c1ccncc1. The molecule has 0 aromatic carbocycles. The second-order valence-corrected chi connectivity index (χ2v) is 5.62. The van der Waals surface area contributed by atoms with E-state index in [1.54, 1.807) is 35.9 Å². The minimum atomic E-state index is -0.0432. The van der Waals surface area contributed by atoms with Crippen LogP contribution in [0.4, 0.5) is 5.13 Å². The van der Waals surface area contributed by atoms with Gasteiger partial charge >= 0.3 is 0 Å². The Balaban J connectivity index is 1.59. The predicted molar refractivity (Wildman–Crippen MR) is 79.1 cm³/mol. The third-order valence-electron chi connectivity index (χ3n) is 3.48. The molecule has 0 bridgehead atoms. The summed E-state index contributed by atoms with van der Waals surface area (Å²) >= 11 is 1.65. The molecule has 1 aliphatic rings. The van der Waals surface area contributed by atoms with Gasteiger partial charge in [0.1, 0.15) is 0 Å². The fourth-order valence-corrected chi connectivity index (χ4v) is 3.21. The Bertz CT molecular complexity index is 558. The summed E-state index contributed by atoms with van der Waals surface area (Å²) in [5.41, 5.74) is 0.652. The minimum Gasteiger partial charge on any atom is -0.350 e. The fourth-order valence-electron chi connectivity index (χ4n) is 2.47. The Hall–Kier alpha value is -1.95. The summed E-state index contributed by atoms with van der Waals surface area (Å²) in [6, 6.07) is 3.79. The van der Waals surface area contributed by atoms with Crippen molar-refractivity contribution in [1.29, 1.82) is 0 Å². The van der Waals surface area contributed by atoms with Crippen LogP contribution in [0.2, 0.25) is 0 Å². The van der Waals surface area contributed by atoms with Crippen LogP contribution in [0.3, 0.4) is 0 Å². The smallest absolute Gasteiger partial charge is 0.251 e. The zero-order valence-electron chi connectivity index (χ0n) is 11.0. The number of carbonyl (C=O) groups excluding carboxylic acids is 1. The monoisotopic (exact) mass is 288 g/mol. The Morgan fingerprint density at radius 1 is 1.40 bits per heavy atom. The maximum atomic E-state index is 12.0. The Labute approximate surface area is 121 Å². The second-order valence-electron chi connectivity index (χ2n) is 4.75. The normalized spacial score (nSPS) is 18.2. The molecule has 6 heteroatoms. The molecule has 1 unspecified atom stereocenters. The van der Waals surface area contributed by atoms with Gasteiger partial charge in [-0.1, -0.05) is 0 Å². The molecule has 20 heavy (non-hydrogen) atoms. The molecular weight excluding hydrogens is 272 g/mol. The highest BCUT2D eigenvalue weighted by atomic mass is 32.1. The topological polar surface area (TPSA) is 58.1 Å². The van der Waals surface area contributed by atoms with Gasteiger partial charge in [-0.2, -0.15) is 0 Å². The minimum absolute atomic E-state index is 0.0432. The lowest BCUT2D eigenvalue weighted by atomic mass is 10.2. The van der Waals surface area contributed by atoms with E-state index in [1.165, 1.54) is 0 Å². The van der Waals surface area contributed by atoms with Crippen molar-refractivity contribution in [2.75, 3.05) is 18.0 Å². The van der Waals surface area contributed by atoms with Crippen LogP contribution in [0.5, 0.6) is 0 Å². The molecule has 2 aromatic rings. The average Bonchev–Trinajstić information content (AvgIpc) is 3.16. The van der Waals surface area contributed by atoms with Crippen LogP contribution in [0.15, 0.2) is 36.1 Å². The number of nitrogens with zero attached hydrogens (tertiary/aromatic N) is 3. The molecule has 1 fully saturated rings. The Kier molecular flexibility index (Phi) is 3.92. The molecule has 104 valence electrons. The van der Waals surface area contributed by atoms with Crippen LogP contribution in [0.1, 0.15) is 23.2 Å². The van der Waals surface area contributed by atoms with Gasteiger partial charge in [0, 0.05) is 48.7 Å². The number of amides is 1. The highest BCUT2D eigenvalue weighted by Gasteiger charge is 2.26. The summed E-state index contributed by atoms with van der Waals surface area (Å²) in [6.45, 7) is 1.67. The number of hydrogen-bond donors (Lipinski definition) is 1. The van der Waals surface area contributed by atoms with E-state index in [0.717, 1.165) is 24.5 Å². The van der Waals surface area contributed by atoms with Crippen molar-refractivity contribution in [3.63, 3.8) is 0 Å². The molecule has 0 spiro atoms. The van der Waals surface area contributed by atoms with Crippen LogP contribution in [0, 0.1) is 0 Å². The number of anilines is 1. The van der Waals surface area contributed by atoms with Crippen molar-refractivity contribution in [1.82, 2.24) is 15.3 Å². The number of pyridine rings is 1. The zero-order chi connectivity index (χ0) is 13.8. The van der Waals surface area contributed by atoms with E-state index in [9.17, 15) is 4.79 Å². The van der Waals surface area contributed by atoms with Crippen LogP contribution >= 0.6 is 11.3 Å². The van der Waals surface area contributed by atoms with Crippen molar-refractivity contribution >= 4 is 22.4 Å². The first-order valence-corrected chi connectivity index (χ1v) is 7.57. The second kappa shape index (κ2) is 6.00. The quantitative estimate of drug-likeness (QED) is 0.934. The van der Waals surface area contributed by atoms with Gasteiger partial charge in [0.05, 0.1) is 0 Å². The summed E-state index contributed by atoms with van der Waals surface area (Å²) in [5.74, 6) is -0.0432. The summed E-state index contributed by atoms with van der Waals surface area (Å²) in [6.07, 6.45) is 7.33. The molecule has 1 aliphatic heterocycles. The van der Waals surface area contributed by atoms with Crippen LogP contribution in [0.25, 0.3) is 0 Å². The van der Waals surface area contributed by atoms with Gasteiger partial charge in [0.2, 0.25) is 0 Å². The fraction of sp³-hybridized carbons (Fsp3) is 0.357. The van der Waals surface area contributed by atoms with E-state index in [4.69, 9.17) is 0 Å². The number of carbonyl (C=O) groups is 1. The highest BCUT2D eigenvalue weighted by Crippen LogP contribution is 2.26. The molecule has 1 amide bonds. The van der Waals surface area contributed by atoms with Gasteiger partial charge in [-0.3, -0.25) is 9.78 Å². The van der Waals surface area contributed by atoms with E-state index in [2.05, 4.69) is 20.2 Å². The molecule has 3 rings (SSSR count). The number of thiazole rings is 1. The first-order valence-electron chi connectivity index (χ1n) is 6.69. The molecule has 3 heterocycles. The molecule has 1 saturated heterocycles. The first-order chi connectivity index (χ1) is 9.84. The van der Waals surface area contributed by atoms with Crippen molar-refractivity contribution in [2.45, 2.75) is 18.9 Å². The van der Waals surface area contributed by atoms with E-state index in [1.807, 2.05) is 11.6 Å². The van der Waals surface area contributed by atoms with E-state index in [-0.39, 0.29) is 5.91 Å². The van der Waals surface area contributed by atoms with Gasteiger partial charge in [-0.15, -0.1) is 11.3 Å². The maximum Gasteiger partial charge on any atom is 0.251 e. The molecule has 0 radical (unpaired) electrons. The Morgan fingerprint density at radius 2 is 2.25 bits per heavy atom. The standard InChI is InChI=1S/C14H16N4OS/c19-13(11-3-5-15-6-4-11)17-10-12-2-1-8-18(12)14-16-7-9-20-14/h3-7,9,12H,1-2,8,10H2,(H,17,19). The summed E-state index contributed by atoms with van der Waals surface area (Å²) in [5, 5.41) is 6.03. The van der Waals surface area contributed by atoms with Crippen LogP contribution in [-0.4, -0.2) is 35.0 Å². The summed E-state index contributed by atoms with van der Waals surface area (Å²) in [7, 11) is 0. The van der Waals surface area contributed by atoms with Crippen molar-refractivity contribution in [3.05, 3.63) is 41.7 Å². The lowest BCUT2D eigenvalue weighted by Gasteiger charge is -2.24. The largest absolute Gasteiger partial charge is 0.350 e. The first kappa shape index (κ1) is 13.1. The van der Waals surface area contributed by atoms with E-state index >= 15 is 0 Å². The van der Waals surface area contributed by atoms with Gasteiger partial charge in [0.25, 0.3) is 5.91 Å².